The van der Waals surface area contributed by atoms with Crippen LogP contribution in [0.5, 0.6) is 5.75 Å². The largest absolute Gasteiger partial charge is 0.484 e. The van der Waals surface area contributed by atoms with Crippen LogP contribution in [0, 0.1) is 0 Å². The van der Waals surface area contributed by atoms with Gasteiger partial charge < -0.3 is 19.7 Å². The number of ether oxygens (including phenoxy) is 2. The van der Waals surface area contributed by atoms with Gasteiger partial charge in [-0.3, -0.25) is 4.79 Å². The number of rotatable bonds is 5. The van der Waals surface area contributed by atoms with Gasteiger partial charge in [0.1, 0.15) is 10.8 Å². The van der Waals surface area contributed by atoms with E-state index in [9.17, 15) is 9.59 Å². The SMILES string of the molecule is COC(=O)c1c(NC(=O)COc2ccc(Cl)cc2)sc2c1CCN(C)C2. The summed E-state index contributed by atoms with van der Waals surface area (Å²) in [5.41, 5.74) is 1.43. The Balaban J connectivity index is 1.73. The van der Waals surface area contributed by atoms with Gasteiger partial charge in [-0.15, -0.1) is 11.3 Å². The molecule has 0 fully saturated rings. The van der Waals surface area contributed by atoms with Crippen molar-refractivity contribution in [3.63, 3.8) is 0 Å². The number of hydrogen-bond donors (Lipinski definition) is 1. The number of fused-ring (bicyclic) bond motifs is 1. The Kier molecular flexibility index (Phi) is 5.80. The maximum Gasteiger partial charge on any atom is 0.341 e. The number of nitrogens with zero attached hydrogens (tertiary/aromatic N) is 1. The molecule has 0 spiro atoms. The van der Waals surface area contributed by atoms with Gasteiger partial charge in [0.15, 0.2) is 6.61 Å². The van der Waals surface area contributed by atoms with E-state index in [-0.39, 0.29) is 12.5 Å². The summed E-state index contributed by atoms with van der Waals surface area (Å²) < 4.78 is 10.4. The normalized spacial score (nSPS) is 13.8. The highest BCUT2D eigenvalue weighted by molar-refractivity contribution is 7.17. The number of amides is 1. The lowest BCUT2D eigenvalue weighted by Crippen LogP contribution is -2.26. The van der Waals surface area contributed by atoms with E-state index in [1.807, 2.05) is 7.05 Å². The van der Waals surface area contributed by atoms with Crippen LogP contribution >= 0.6 is 22.9 Å². The summed E-state index contributed by atoms with van der Waals surface area (Å²) in [4.78, 5) is 27.7. The van der Waals surface area contributed by atoms with E-state index < -0.39 is 5.97 Å². The predicted octanol–water partition coefficient (Wildman–Crippen LogP) is 3.19. The minimum absolute atomic E-state index is 0.162. The lowest BCUT2D eigenvalue weighted by atomic mass is 10.0. The van der Waals surface area contributed by atoms with Crippen LogP contribution in [0.2, 0.25) is 5.02 Å². The minimum atomic E-state index is -0.430. The smallest absolute Gasteiger partial charge is 0.341 e. The van der Waals surface area contributed by atoms with Gasteiger partial charge in [0, 0.05) is 23.0 Å². The van der Waals surface area contributed by atoms with Gasteiger partial charge in [-0.25, -0.2) is 4.79 Å². The van der Waals surface area contributed by atoms with Gasteiger partial charge >= 0.3 is 5.97 Å². The van der Waals surface area contributed by atoms with Gasteiger partial charge in [0.2, 0.25) is 0 Å². The van der Waals surface area contributed by atoms with Gasteiger partial charge in [-0.1, -0.05) is 11.6 Å². The minimum Gasteiger partial charge on any atom is -0.484 e. The average molecular weight is 395 g/mol. The number of anilines is 1. The summed E-state index contributed by atoms with van der Waals surface area (Å²) in [6, 6.07) is 6.76. The average Bonchev–Trinajstić information content (AvgIpc) is 2.97. The molecule has 8 heteroatoms. The fourth-order valence-electron chi connectivity index (χ4n) is 2.78. The number of halogens is 1. The molecule has 2 heterocycles. The number of carbonyl (C=O) groups is 2. The molecule has 0 unspecified atom stereocenters. The number of benzene rings is 1. The zero-order valence-electron chi connectivity index (χ0n) is 14.5. The van der Waals surface area contributed by atoms with E-state index in [2.05, 4.69) is 10.2 Å². The highest BCUT2D eigenvalue weighted by Gasteiger charge is 2.28. The van der Waals surface area contributed by atoms with Crippen molar-refractivity contribution in [3.05, 3.63) is 45.3 Å². The molecule has 0 aliphatic carbocycles. The number of esters is 1. The Morgan fingerprint density at radius 2 is 2.04 bits per heavy atom. The summed E-state index contributed by atoms with van der Waals surface area (Å²) in [5.74, 6) is -0.220. The number of nitrogens with one attached hydrogen (secondary N) is 1. The molecule has 1 amide bonds. The van der Waals surface area contributed by atoms with Crippen molar-refractivity contribution in [3.8, 4) is 5.75 Å². The van der Waals surface area contributed by atoms with Crippen molar-refractivity contribution in [2.45, 2.75) is 13.0 Å². The first-order valence-corrected chi connectivity index (χ1v) is 9.27. The van der Waals surface area contributed by atoms with Crippen molar-refractivity contribution in [2.75, 3.05) is 32.6 Å². The molecule has 1 aromatic heterocycles. The Morgan fingerprint density at radius 1 is 1.31 bits per heavy atom. The van der Waals surface area contributed by atoms with E-state index in [1.54, 1.807) is 24.3 Å². The number of hydrogen-bond acceptors (Lipinski definition) is 6. The van der Waals surface area contributed by atoms with Crippen LogP contribution in [0.25, 0.3) is 0 Å². The first-order chi connectivity index (χ1) is 12.5. The van der Waals surface area contributed by atoms with Crippen LogP contribution in [0.4, 0.5) is 5.00 Å². The lowest BCUT2D eigenvalue weighted by molar-refractivity contribution is -0.118. The van der Waals surface area contributed by atoms with Gasteiger partial charge in [-0.05, 0) is 43.3 Å². The Labute approximate surface area is 160 Å². The van der Waals surface area contributed by atoms with E-state index in [0.717, 1.165) is 30.0 Å². The second-order valence-electron chi connectivity index (χ2n) is 5.98. The van der Waals surface area contributed by atoms with Crippen LogP contribution in [0.3, 0.4) is 0 Å². The molecule has 2 aromatic rings. The summed E-state index contributed by atoms with van der Waals surface area (Å²) >= 11 is 7.24. The van der Waals surface area contributed by atoms with E-state index in [4.69, 9.17) is 21.1 Å². The Morgan fingerprint density at radius 3 is 2.73 bits per heavy atom. The standard InChI is InChI=1S/C18H19ClN2O4S/c1-21-8-7-13-14(9-21)26-17(16(13)18(23)24-2)20-15(22)10-25-12-5-3-11(19)4-6-12/h3-6H,7-10H2,1-2H3,(H,20,22). The molecule has 3 rings (SSSR count). The van der Waals surface area contributed by atoms with Gasteiger partial charge in [-0.2, -0.15) is 0 Å². The predicted molar refractivity (Wildman–Crippen MR) is 101 cm³/mol. The molecule has 0 bridgehead atoms. The number of likely N-dealkylation sites (N-methyl/N-ethyl adjacent to an activating group) is 1. The van der Waals surface area contributed by atoms with Crippen molar-refractivity contribution in [1.29, 1.82) is 0 Å². The van der Waals surface area contributed by atoms with E-state index in [0.29, 0.717) is 21.3 Å². The topological polar surface area (TPSA) is 67.9 Å². The zero-order chi connectivity index (χ0) is 18.7. The van der Waals surface area contributed by atoms with Crippen LogP contribution < -0.4 is 10.1 Å². The molecule has 1 aliphatic rings. The molecule has 0 atom stereocenters. The van der Waals surface area contributed by atoms with Crippen LogP contribution in [0.1, 0.15) is 20.8 Å². The Bertz CT molecular complexity index is 819. The van der Waals surface area contributed by atoms with Crippen LogP contribution in [0.15, 0.2) is 24.3 Å². The first-order valence-electron chi connectivity index (χ1n) is 8.07. The van der Waals surface area contributed by atoms with E-state index >= 15 is 0 Å². The molecular formula is C18H19ClN2O4S. The van der Waals surface area contributed by atoms with Gasteiger partial charge in [0.05, 0.1) is 12.7 Å². The third-order valence-corrected chi connectivity index (χ3v) is 5.46. The van der Waals surface area contributed by atoms with Gasteiger partial charge in [0.25, 0.3) is 5.91 Å². The third kappa shape index (κ3) is 4.17. The first kappa shape index (κ1) is 18.7. The fraction of sp³-hybridized carbons (Fsp3) is 0.333. The van der Waals surface area contributed by atoms with Crippen molar-refractivity contribution in [2.24, 2.45) is 0 Å². The van der Waals surface area contributed by atoms with Crippen LogP contribution in [-0.4, -0.2) is 44.1 Å². The molecule has 0 saturated carbocycles. The molecule has 1 N–H and O–H groups in total. The summed E-state index contributed by atoms with van der Waals surface area (Å²) in [6.45, 7) is 1.45. The monoisotopic (exact) mass is 394 g/mol. The highest BCUT2D eigenvalue weighted by atomic mass is 35.5. The summed E-state index contributed by atoms with van der Waals surface area (Å²) in [7, 11) is 3.37. The second-order valence-corrected chi connectivity index (χ2v) is 7.52. The molecule has 26 heavy (non-hydrogen) atoms. The molecule has 6 nitrogen and oxygen atoms in total. The molecule has 1 aliphatic heterocycles. The molecule has 0 saturated heterocycles. The van der Waals surface area contributed by atoms with E-state index in [1.165, 1.54) is 18.4 Å². The maximum atomic E-state index is 12.3. The van der Waals surface area contributed by atoms with Crippen molar-refractivity contribution in [1.82, 2.24) is 4.90 Å². The fourth-order valence-corrected chi connectivity index (χ4v) is 4.24. The Hall–Kier alpha value is -2.09. The quantitative estimate of drug-likeness (QED) is 0.789. The molecular weight excluding hydrogens is 376 g/mol. The summed E-state index contributed by atoms with van der Waals surface area (Å²) in [5, 5.41) is 3.90. The second kappa shape index (κ2) is 8.07. The third-order valence-electron chi connectivity index (χ3n) is 4.07. The van der Waals surface area contributed by atoms with Crippen molar-refractivity contribution < 1.29 is 19.1 Å². The molecule has 1 aromatic carbocycles. The number of carbonyl (C=O) groups excluding carboxylic acids is 2. The number of thiophene rings is 1. The molecule has 0 radical (unpaired) electrons. The summed E-state index contributed by atoms with van der Waals surface area (Å²) in [6.07, 6.45) is 0.754. The number of methoxy groups -OCH3 is 1. The van der Waals surface area contributed by atoms with Crippen LogP contribution in [-0.2, 0) is 22.5 Å². The molecule has 138 valence electrons. The maximum absolute atomic E-state index is 12.3. The highest BCUT2D eigenvalue weighted by Crippen LogP contribution is 2.37. The zero-order valence-corrected chi connectivity index (χ0v) is 16.1. The lowest BCUT2D eigenvalue weighted by Gasteiger charge is -2.22. The van der Waals surface area contributed by atoms with Crippen molar-refractivity contribution >= 4 is 39.8 Å².